The Hall–Kier alpha value is -1.39. The van der Waals surface area contributed by atoms with Crippen molar-refractivity contribution in [3.8, 4) is 0 Å². The van der Waals surface area contributed by atoms with Crippen molar-refractivity contribution in [3.63, 3.8) is 0 Å². The van der Waals surface area contributed by atoms with Crippen LogP contribution in [0.5, 0.6) is 0 Å². The van der Waals surface area contributed by atoms with Crippen LogP contribution in [-0.2, 0) is 11.2 Å². The number of carbonyl (C=O) groups is 1. The number of aromatic nitrogens is 3. The number of carboxylic acid groups (broad SMARTS) is 1. The zero-order chi connectivity index (χ0) is 14.7. The largest absolute Gasteiger partial charge is 0.481 e. The minimum absolute atomic E-state index is 0.0920. The average Bonchev–Trinajstić information content (AvgIpc) is 3.09. The molecular weight excluding hydrogens is 266 g/mol. The first-order valence-corrected chi connectivity index (χ1v) is 8.29. The standard InChI is InChI=1S/C16H25N3O2/c20-15(21)11-16(8-4-5-9-16)10-14-18-17-12-19(14)13-6-2-1-3-7-13/h12-13H,1-11H2,(H,20,21). The summed E-state index contributed by atoms with van der Waals surface area (Å²) in [6.45, 7) is 0. The second kappa shape index (κ2) is 6.16. The van der Waals surface area contributed by atoms with E-state index in [-0.39, 0.29) is 11.8 Å². The lowest BCUT2D eigenvalue weighted by molar-refractivity contribution is -0.139. The fraction of sp³-hybridized carbons (Fsp3) is 0.812. The Kier molecular flexibility index (Phi) is 4.27. The molecule has 2 aliphatic rings. The van der Waals surface area contributed by atoms with E-state index in [9.17, 15) is 9.90 Å². The number of aliphatic carboxylic acids is 1. The average molecular weight is 291 g/mol. The lowest BCUT2D eigenvalue weighted by atomic mass is 9.79. The molecule has 0 unspecified atom stereocenters. The molecule has 21 heavy (non-hydrogen) atoms. The van der Waals surface area contributed by atoms with Crippen molar-refractivity contribution in [1.29, 1.82) is 0 Å². The molecule has 2 saturated carbocycles. The van der Waals surface area contributed by atoms with Crippen LogP contribution >= 0.6 is 0 Å². The normalized spacial score (nSPS) is 22.5. The van der Waals surface area contributed by atoms with Crippen LogP contribution < -0.4 is 0 Å². The van der Waals surface area contributed by atoms with Crippen molar-refractivity contribution in [2.45, 2.75) is 76.7 Å². The summed E-state index contributed by atoms with van der Waals surface area (Å²) in [5.41, 5.74) is -0.0920. The van der Waals surface area contributed by atoms with Gasteiger partial charge in [-0.3, -0.25) is 4.79 Å². The molecule has 2 fully saturated rings. The van der Waals surface area contributed by atoms with Crippen LogP contribution in [0.4, 0.5) is 0 Å². The summed E-state index contributed by atoms with van der Waals surface area (Å²) < 4.78 is 2.24. The van der Waals surface area contributed by atoms with Gasteiger partial charge in [0, 0.05) is 12.5 Å². The van der Waals surface area contributed by atoms with Crippen molar-refractivity contribution in [1.82, 2.24) is 14.8 Å². The molecule has 0 aliphatic heterocycles. The van der Waals surface area contributed by atoms with Gasteiger partial charge in [0.2, 0.25) is 0 Å². The van der Waals surface area contributed by atoms with Crippen LogP contribution in [-0.4, -0.2) is 25.8 Å². The predicted molar refractivity (Wildman–Crippen MR) is 79.0 cm³/mol. The maximum Gasteiger partial charge on any atom is 0.303 e. The van der Waals surface area contributed by atoms with E-state index in [2.05, 4.69) is 14.8 Å². The van der Waals surface area contributed by atoms with E-state index in [4.69, 9.17) is 0 Å². The molecule has 0 atom stereocenters. The molecule has 3 rings (SSSR count). The molecular formula is C16H25N3O2. The van der Waals surface area contributed by atoms with E-state index >= 15 is 0 Å². The molecule has 0 spiro atoms. The fourth-order valence-electron chi connectivity index (χ4n) is 4.25. The molecule has 5 nitrogen and oxygen atoms in total. The second-order valence-electron chi connectivity index (χ2n) is 6.90. The highest BCUT2D eigenvalue weighted by atomic mass is 16.4. The summed E-state index contributed by atoms with van der Waals surface area (Å²) >= 11 is 0. The highest BCUT2D eigenvalue weighted by Gasteiger charge is 2.38. The van der Waals surface area contributed by atoms with E-state index in [1.165, 1.54) is 32.1 Å². The van der Waals surface area contributed by atoms with Crippen LogP contribution in [0.15, 0.2) is 6.33 Å². The lowest BCUT2D eigenvalue weighted by Crippen LogP contribution is -2.26. The van der Waals surface area contributed by atoms with E-state index in [0.717, 1.165) is 37.9 Å². The third kappa shape index (κ3) is 3.27. The number of hydrogen-bond acceptors (Lipinski definition) is 3. The Morgan fingerprint density at radius 3 is 2.62 bits per heavy atom. The molecule has 5 heteroatoms. The fourth-order valence-corrected chi connectivity index (χ4v) is 4.25. The molecule has 1 aromatic heterocycles. The lowest BCUT2D eigenvalue weighted by Gasteiger charge is -2.29. The minimum Gasteiger partial charge on any atom is -0.481 e. The first kappa shape index (κ1) is 14.5. The van der Waals surface area contributed by atoms with Crippen molar-refractivity contribution in [2.75, 3.05) is 0 Å². The summed E-state index contributed by atoms with van der Waals surface area (Å²) in [6.07, 6.45) is 13.5. The Balaban J connectivity index is 1.77. The van der Waals surface area contributed by atoms with Crippen LogP contribution in [0.25, 0.3) is 0 Å². The summed E-state index contributed by atoms with van der Waals surface area (Å²) in [6, 6.07) is 0.520. The van der Waals surface area contributed by atoms with E-state index in [1.807, 2.05) is 6.33 Å². The Bertz CT molecular complexity index is 485. The topological polar surface area (TPSA) is 68.0 Å². The quantitative estimate of drug-likeness (QED) is 0.903. The van der Waals surface area contributed by atoms with E-state index in [0.29, 0.717) is 6.04 Å². The van der Waals surface area contributed by atoms with Gasteiger partial charge in [-0.2, -0.15) is 0 Å². The zero-order valence-corrected chi connectivity index (χ0v) is 12.6. The van der Waals surface area contributed by atoms with Gasteiger partial charge in [-0.15, -0.1) is 10.2 Å². The van der Waals surface area contributed by atoms with Gasteiger partial charge in [0.1, 0.15) is 12.2 Å². The molecule has 1 heterocycles. The molecule has 0 bridgehead atoms. The molecule has 0 aromatic carbocycles. The molecule has 116 valence electrons. The van der Waals surface area contributed by atoms with Gasteiger partial charge < -0.3 is 9.67 Å². The van der Waals surface area contributed by atoms with Crippen molar-refractivity contribution < 1.29 is 9.90 Å². The first-order chi connectivity index (χ1) is 10.2. The number of carboxylic acids is 1. The van der Waals surface area contributed by atoms with Gasteiger partial charge in [0.05, 0.1) is 6.42 Å². The Labute approximate surface area is 125 Å². The maximum absolute atomic E-state index is 11.2. The van der Waals surface area contributed by atoms with Crippen LogP contribution in [0.1, 0.15) is 76.1 Å². The van der Waals surface area contributed by atoms with Crippen molar-refractivity contribution >= 4 is 5.97 Å². The molecule has 1 N–H and O–H groups in total. The summed E-state index contributed by atoms with van der Waals surface area (Å²) in [5.74, 6) is 0.325. The Morgan fingerprint density at radius 2 is 1.95 bits per heavy atom. The second-order valence-corrected chi connectivity index (χ2v) is 6.90. The van der Waals surface area contributed by atoms with Gasteiger partial charge in [-0.1, -0.05) is 32.1 Å². The van der Waals surface area contributed by atoms with Crippen molar-refractivity contribution in [2.24, 2.45) is 5.41 Å². The van der Waals surface area contributed by atoms with E-state index in [1.54, 1.807) is 0 Å². The minimum atomic E-state index is -0.680. The van der Waals surface area contributed by atoms with Gasteiger partial charge >= 0.3 is 5.97 Å². The monoisotopic (exact) mass is 291 g/mol. The highest BCUT2D eigenvalue weighted by molar-refractivity contribution is 5.67. The van der Waals surface area contributed by atoms with E-state index < -0.39 is 5.97 Å². The van der Waals surface area contributed by atoms with Crippen molar-refractivity contribution in [3.05, 3.63) is 12.2 Å². The smallest absolute Gasteiger partial charge is 0.303 e. The molecule has 1 aromatic rings. The third-order valence-electron chi connectivity index (χ3n) is 5.34. The van der Waals surface area contributed by atoms with Gasteiger partial charge in [-0.05, 0) is 31.1 Å². The van der Waals surface area contributed by atoms with Gasteiger partial charge in [-0.25, -0.2) is 0 Å². The molecule has 0 amide bonds. The summed E-state index contributed by atoms with van der Waals surface area (Å²) in [4.78, 5) is 11.2. The molecule has 2 aliphatic carbocycles. The highest BCUT2D eigenvalue weighted by Crippen LogP contribution is 2.44. The maximum atomic E-state index is 11.2. The SMILES string of the molecule is O=C(O)CC1(Cc2nncn2C2CCCCC2)CCCC1. The summed E-state index contributed by atoms with van der Waals surface area (Å²) in [5, 5.41) is 17.7. The van der Waals surface area contributed by atoms with Crippen LogP contribution in [0.3, 0.4) is 0 Å². The zero-order valence-electron chi connectivity index (χ0n) is 12.6. The predicted octanol–water partition coefficient (Wildman–Crippen LogP) is 3.36. The first-order valence-electron chi connectivity index (χ1n) is 8.29. The van der Waals surface area contributed by atoms with Gasteiger partial charge in [0.15, 0.2) is 0 Å². The molecule has 0 saturated heterocycles. The number of rotatable bonds is 5. The third-order valence-corrected chi connectivity index (χ3v) is 5.34. The van der Waals surface area contributed by atoms with Crippen LogP contribution in [0.2, 0.25) is 0 Å². The summed E-state index contributed by atoms with van der Waals surface area (Å²) in [7, 11) is 0. The Morgan fingerprint density at radius 1 is 1.24 bits per heavy atom. The van der Waals surface area contributed by atoms with Crippen LogP contribution in [0, 0.1) is 5.41 Å². The molecule has 0 radical (unpaired) electrons. The van der Waals surface area contributed by atoms with Gasteiger partial charge in [0.25, 0.3) is 0 Å². The number of hydrogen-bond donors (Lipinski definition) is 1. The number of nitrogens with zero attached hydrogens (tertiary/aromatic N) is 3.